The van der Waals surface area contributed by atoms with Gasteiger partial charge in [-0.1, -0.05) is 72.8 Å². The van der Waals surface area contributed by atoms with Crippen LogP contribution in [0.1, 0.15) is 18.1 Å². The van der Waals surface area contributed by atoms with Crippen molar-refractivity contribution in [3.8, 4) is 5.75 Å². The van der Waals surface area contributed by atoms with E-state index in [9.17, 15) is 14.0 Å². The number of carbonyl (C=O) groups excluding carboxylic acids is 2. The van der Waals surface area contributed by atoms with Crippen LogP contribution in [-0.4, -0.2) is 35.9 Å². The minimum atomic E-state index is -0.774. The second-order valence-corrected chi connectivity index (χ2v) is 9.43. The molecule has 1 atom stereocenters. The molecule has 0 saturated carbocycles. The Morgan fingerprint density at radius 2 is 1.62 bits per heavy atom. The monoisotopic (exact) mass is 562 g/mol. The lowest BCUT2D eigenvalue weighted by Gasteiger charge is -2.31. The highest BCUT2D eigenvalue weighted by Crippen LogP contribution is 2.33. The maximum atomic E-state index is 13.6. The molecular weight excluding hydrogens is 535 g/mol. The van der Waals surface area contributed by atoms with Gasteiger partial charge in [0.05, 0.1) is 4.47 Å². The fourth-order valence-electron chi connectivity index (χ4n) is 4.18. The highest BCUT2D eigenvalue weighted by Gasteiger charge is 2.30. The summed E-state index contributed by atoms with van der Waals surface area (Å²) < 4.78 is 20.3. The molecule has 0 aliphatic carbocycles. The summed E-state index contributed by atoms with van der Waals surface area (Å²) in [5.41, 5.74) is 1.64. The van der Waals surface area contributed by atoms with Crippen molar-refractivity contribution < 1.29 is 18.7 Å². The van der Waals surface area contributed by atoms with Gasteiger partial charge in [0, 0.05) is 19.5 Å². The number of benzene rings is 4. The van der Waals surface area contributed by atoms with E-state index in [1.807, 2.05) is 73.7 Å². The molecule has 0 heterocycles. The Labute approximate surface area is 224 Å². The molecule has 4 aromatic rings. The van der Waals surface area contributed by atoms with Crippen LogP contribution in [0.3, 0.4) is 0 Å². The van der Waals surface area contributed by atoms with Gasteiger partial charge in [0.15, 0.2) is 6.61 Å². The highest BCUT2D eigenvalue weighted by atomic mass is 79.9. The second kappa shape index (κ2) is 12.5. The molecule has 2 amide bonds. The second-order valence-electron chi connectivity index (χ2n) is 8.64. The van der Waals surface area contributed by atoms with E-state index in [0.29, 0.717) is 24.3 Å². The predicted octanol–water partition coefficient (Wildman–Crippen LogP) is 5.90. The van der Waals surface area contributed by atoms with E-state index in [2.05, 4.69) is 21.2 Å². The molecular formula is C30H28BrFN2O3. The molecule has 190 valence electrons. The molecule has 1 N–H and O–H groups in total. The first-order valence-corrected chi connectivity index (χ1v) is 12.9. The zero-order chi connectivity index (χ0) is 26.2. The minimum Gasteiger partial charge on any atom is -0.483 e. The molecule has 0 bridgehead atoms. The Morgan fingerprint density at radius 3 is 2.35 bits per heavy atom. The summed E-state index contributed by atoms with van der Waals surface area (Å²) in [6, 6.07) is 26.3. The van der Waals surface area contributed by atoms with Crippen LogP contribution in [0, 0.1) is 5.82 Å². The van der Waals surface area contributed by atoms with E-state index >= 15 is 0 Å². The molecule has 0 unspecified atom stereocenters. The zero-order valence-corrected chi connectivity index (χ0v) is 22.1. The van der Waals surface area contributed by atoms with Crippen LogP contribution in [-0.2, 0) is 22.6 Å². The minimum absolute atomic E-state index is 0.135. The van der Waals surface area contributed by atoms with E-state index in [-0.39, 0.29) is 30.8 Å². The lowest BCUT2D eigenvalue weighted by molar-refractivity contribution is -0.142. The fourth-order valence-corrected chi connectivity index (χ4v) is 4.79. The van der Waals surface area contributed by atoms with Gasteiger partial charge < -0.3 is 15.0 Å². The Morgan fingerprint density at radius 1 is 0.919 bits per heavy atom. The van der Waals surface area contributed by atoms with Crippen LogP contribution < -0.4 is 10.1 Å². The summed E-state index contributed by atoms with van der Waals surface area (Å²) in [5.74, 6) is -0.438. The lowest BCUT2D eigenvalue weighted by Crippen LogP contribution is -2.51. The van der Waals surface area contributed by atoms with Gasteiger partial charge in [-0.05, 0) is 63.0 Å². The van der Waals surface area contributed by atoms with Crippen LogP contribution in [0.4, 0.5) is 4.39 Å². The summed E-state index contributed by atoms with van der Waals surface area (Å²) in [7, 11) is 0. The summed E-state index contributed by atoms with van der Waals surface area (Å²) in [5, 5.41) is 4.88. The van der Waals surface area contributed by atoms with Crippen molar-refractivity contribution >= 4 is 38.5 Å². The van der Waals surface area contributed by atoms with Gasteiger partial charge >= 0.3 is 0 Å². The van der Waals surface area contributed by atoms with E-state index in [1.165, 1.54) is 17.0 Å². The first-order valence-electron chi connectivity index (χ1n) is 12.1. The first-order chi connectivity index (χ1) is 18.0. The number of nitrogens with one attached hydrogen (secondary N) is 1. The number of ether oxygens (including phenoxy) is 1. The number of hydrogen-bond donors (Lipinski definition) is 1. The molecule has 0 saturated heterocycles. The summed E-state index contributed by atoms with van der Waals surface area (Å²) in [4.78, 5) is 28.3. The van der Waals surface area contributed by atoms with Crippen molar-refractivity contribution in [1.29, 1.82) is 0 Å². The molecule has 7 heteroatoms. The average molecular weight is 563 g/mol. The molecule has 4 aromatic carbocycles. The number of halogens is 2. The van der Waals surface area contributed by atoms with Crippen molar-refractivity contribution in [2.24, 2.45) is 0 Å². The molecule has 37 heavy (non-hydrogen) atoms. The van der Waals surface area contributed by atoms with Crippen molar-refractivity contribution in [2.75, 3.05) is 13.2 Å². The SMILES string of the molecule is CCNC(=O)[C@@H](Cc1ccccc1)N(Cc1ccc(F)cc1)C(=O)COc1ccc2ccccc2c1Br. The molecule has 0 spiro atoms. The molecule has 5 nitrogen and oxygen atoms in total. The molecule has 0 aliphatic rings. The first kappa shape index (κ1) is 26.4. The van der Waals surface area contributed by atoms with Gasteiger partial charge in [0.25, 0.3) is 5.91 Å². The van der Waals surface area contributed by atoms with Crippen molar-refractivity contribution in [3.63, 3.8) is 0 Å². The van der Waals surface area contributed by atoms with Crippen LogP contribution >= 0.6 is 15.9 Å². The third-order valence-electron chi connectivity index (χ3n) is 6.07. The number of rotatable bonds is 10. The smallest absolute Gasteiger partial charge is 0.261 e. The van der Waals surface area contributed by atoms with Gasteiger partial charge in [0.2, 0.25) is 5.91 Å². The molecule has 0 radical (unpaired) electrons. The number of carbonyl (C=O) groups is 2. The maximum absolute atomic E-state index is 13.6. The lowest BCUT2D eigenvalue weighted by atomic mass is 10.0. The van der Waals surface area contributed by atoms with Crippen LogP contribution in [0.25, 0.3) is 10.8 Å². The largest absolute Gasteiger partial charge is 0.483 e. The number of hydrogen-bond acceptors (Lipinski definition) is 3. The third kappa shape index (κ3) is 6.74. The molecule has 4 rings (SSSR count). The number of likely N-dealkylation sites (N-methyl/N-ethyl adjacent to an activating group) is 1. The Hall–Kier alpha value is -3.71. The van der Waals surface area contributed by atoms with Gasteiger partial charge in [-0.3, -0.25) is 9.59 Å². The number of nitrogens with zero attached hydrogens (tertiary/aromatic N) is 1. The Kier molecular flexibility index (Phi) is 8.90. The van der Waals surface area contributed by atoms with Gasteiger partial charge in [-0.2, -0.15) is 0 Å². The quantitative estimate of drug-likeness (QED) is 0.262. The number of amides is 2. The van der Waals surface area contributed by atoms with Crippen molar-refractivity contribution in [2.45, 2.75) is 25.9 Å². The molecule has 0 fully saturated rings. The van der Waals surface area contributed by atoms with E-state index in [0.717, 1.165) is 20.8 Å². The maximum Gasteiger partial charge on any atom is 0.261 e. The zero-order valence-electron chi connectivity index (χ0n) is 20.5. The normalized spacial score (nSPS) is 11.6. The van der Waals surface area contributed by atoms with Gasteiger partial charge in [-0.15, -0.1) is 0 Å². The van der Waals surface area contributed by atoms with E-state index in [4.69, 9.17) is 4.74 Å². The van der Waals surface area contributed by atoms with E-state index < -0.39 is 6.04 Å². The van der Waals surface area contributed by atoms with Crippen LogP contribution in [0.2, 0.25) is 0 Å². The summed E-state index contributed by atoms with van der Waals surface area (Å²) >= 11 is 3.60. The topological polar surface area (TPSA) is 58.6 Å². The fraction of sp³-hybridized carbons (Fsp3) is 0.200. The standard InChI is InChI=1S/C30H28BrFN2O3/c1-2-33-30(36)26(18-21-8-4-3-5-9-21)34(19-22-12-15-24(32)16-13-22)28(35)20-37-27-17-14-23-10-6-7-11-25(23)29(27)31/h3-17,26H,2,18-20H2,1H3,(H,33,36)/t26-/m1/s1. The van der Waals surface area contributed by atoms with Crippen LogP contribution in [0.15, 0.2) is 95.5 Å². The molecule has 0 aliphatic heterocycles. The van der Waals surface area contributed by atoms with Crippen molar-refractivity contribution in [3.05, 3.63) is 112 Å². The average Bonchev–Trinajstić information content (AvgIpc) is 2.92. The summed E-state index contributed by atoms with van der Waals surface area (Å²) in [6.45, 7) is 2.14. The van der Waals surface area contributed by atoms with Crippen LogP contribution in [0.5, 0.6) is 5.75 Å². The number of fused-ring (bicyclic) bond motifs is 1. The summed E-state index contributed by atoms with van der Waals surface area (Å²) in [6.07, 6.45) is 0.333. The third-order valence-corrected chi connectivity index (χ3v) is 6.89. The van der Waals surface area contributed by atoms with Gasteiger partial charge in [-0.25, -0.2) is 4.39 Å². The molecule has 0 aromatic heterocycles. The van der Waals surface area contributed by atoms with E-state index in [1.54, 1.807) is 12.1 Å². The highest BCUT2D eigenvalue weighted by molar-refractivity contribution is 9.10. The predicted molar refractivity (Wildman–Crippen MR) is 147 cm³/mol. The van der Waals surface area contributed by atoms with Crippen molar-refractivity contribution in [1.82, 2.24) is 10.2 Å². The Bertz CT molecular complexity index is 1360. The van der Waals surface area contributed by atoms with Gasteiger partial charge in [0.1, 0.15) is 17.6 Å². The Balaban J connectivity index is 1.62.